The van der Waals surface area contributed by atoms with Gasteiger partial charge in [0.2, 0.25) is 10.0 Å². The van der Waals surface area contributed by atoms with E-state index in [4.69, 9.17) is 16.7 Å². The normalized spacial score (nSPS) is 15.7. The van der Waals surface area contributed by atoms with Crippen LogP contribution in [0, 0.1) is 6.92 Å². The van der Waals surface area contributed by atoms with E-state index in [1.54, 1.807) is 25.3 Å². The lowest BCUT2D eigenvalue weighted by Crippen LogP contribution is -2.48. The summed E-state index contributed by atoms with van der Waals surface area (Å²) in [6.07, 6.45) is 1.36. The van der Waals surface area contributed by atoms with Gasteiger partial charge in [-0.05, 0) is 42.3 Å². The number of hydrogen-bond donors (Lipinski definition) is 1. The first-order valence-electron chi connectivity index (χ1n) is 8.45. The number of carboxylic acids is 1. The summed E-state index contributed by atoms with van der Waals surface area (Å²) in [5.41, 5.74) is 1.27. The smallest absolute Gasteiger partial charge is 0.307 e. The van der Waals surface area contributed by atoms with Crippen molar-refractivity contribution in [1.29, 1.82) is 0 Å². The van der Waals surface area contributed by atoms with E-state index in [9.17, 15) is 13.2 Å². The van der Waals surface area contributed by atoms with E-state index >= 15 is 0 Å². The zero-order valence-electron chi connectivity index (χ0n) is 14.8. The molecule has 1 fully saturated rings. The maximum absolute atomic E-state index is 13.0. The number of aryl methyl sites for hydroxylation is 1. The third-order valence-corrected chi connectivity index (χ3v) is 6.69. The Hall–Kier alpha value is -2.16. The highest BCUT2D eigenvalue weighted by Gasteiger charge is 2.29. The average molecular weight is 410 g/mol. The molecule has 1 aliphatic heterocycles. The Balaban J connectivity index is 1.75. The number of rotatable bonds is 5. The minimum absolute atomic E-state index is 0.127. The molecule has 0 atom stereocenters. The standard InChI is InChI=1S/C18H20ClN3O4S/c1-13-2-4-16(10-14(13)11-18(23)24)27(25,26)22-8-6-21(7-9-22)17-5-3-15(19)12-20-17/h2-5,10,12H,6-9,11H2,1H3,(H,23,24). The van der Waals surface area contributed by atoms with Gasteiger partial charge < -0.3 is 10.0 Å². The van der Waals surface area contributed by atoms with Gasteiger partial charge in [-0.25, -0.2) is 13.4 Å². The van der Waals surface area contributed by atoms with Crippen LogP contribution in [-0.2, 0) is 21.2 Å². The quantitative estimate of drug-likeness (QED) is 0.813. The molecule has 0 saturated carbocycles. The number of aromatic nitrogens is 1. The number of anilines is 1. The van der Waals surface area contributed by atoms with Crippen molar-refractivity contribution in [1.82, 2.24) is 9.29 Å². The first-order valence-corrected chi connectivity index (χ1v) is 10.3. The first-order chi connectivity index (χ1) is 12.8. The van der Waals surface area contributed by atoms with Crippen molar-refractivity contribution >= 4 is 33.4 Å². The lowest BCUT2D eigenvalue weighted by Gasteiger charge is -2.34. The highest BCUT2D eigenvalue weighted by Crippen LogP contribution is 2.23. The molecule has 1 aromatic heterocycles. The van der Waals surface area contributed by atoms with Crippen LogP contribution >= 0.6 is 11.6 Å². The van der Waals surface area contributed by atoms with Gasteiger partial charge in [0, 0.05) is 32.4 Å². The third kappa shape index (κ3) is 4.40. The molecule has 0 bridgehead atoms. The summed E-state index contributed by atoms with van der Waals surface area (Å²) < 4.78 is 27.3. The Morgan fingerprint density at radius 1 is 1.19 bits per heavy atom. The van der Waals surface area contributed by atoms with Gasteiger partial charge in [0.05, 0.1) is 16.3 Å². The zero-order valence-corrected chi connectivity index (χ0v) is 16.4. The summed E-state index contributed by atoms with van der Waals surface area (Å²) in [5.74, 6) is -0.229. The molecule has 144 valence electrons. The summed E-state index contributed by atoms with van der Waals surface area (Å²) in [5, 5.41) is 9.56. The Morgan fingerprint density at radius 2 is 1.89 bits per heavy atom. The molecule has 7 nitrogen and oxygen atoms in total. The van der Waals surface area contributed by atoms with Crippen molar-refractivity contribution in [2.75, 3.05) is 31.1 Å². The Labute approximate surface area is 163 Å². The molecule has 27 heavy (non-hydrogen) atoms. The number of nitrogens with zero attached hydrogens (tertiary/aromatic N) is 3. The predicted molar refractivity (Wildman–Crippen MR) is 103 cm³/mol. The summed E-state index contributed by atoms with van der Waals surface area (Å²) in [7, 11) is -3.68. The number of piperazine rings is 1. The molecule has 0 amide bonds. The number of hydrogen-bond acceptors (Lipinski definition) is 5. The van der Waals surface area contributed by atoms with E-state index in [0.717, 1.165) is 11.4 Å². The topological polar surface area (TPSA) is 90.8 Å². The summed E-state index contributed by atoms with van der Waals surface area (Å²) in [6, 6.07) is 8.21. The second kappa shape index (κ2) is 7.84. The zero-order chi connectivity index (χ0) is 19.6. The van der Waals surface area contributed by atoms with Crippen LogP contribution in [0.3, 0.4) is 0 Å². The van der Waals surface area contributed by atoms with Gasteiger partial charge in [-0.3, -0.25) is 4.79 Å². The first kappa shape index (κ1) is 19.6. The monoisotopic (exact) mass is 409 g/mol. The predicted octanol–water partition coefficient (Wildman–Crippen LogP) is 2.18. The van der Waals surface area contributed by atoms with Gasteiger partial charge in [0.25, 0.3) is 0 Å². The maximum atomic E-state index is 13.0. The van der Waals surface area contributed by atoms with E-state index in [-0.39, 0.29) is 11.3 Å². The highest BCUT2D eigenvalue weighted by molar-refractivity contribution is 7.89. The lowest BCUT2D eigenvalue weighted by atomic mass is 10.1. The fourth-order valence-electron chi connectivity index (χ4n) is 3.02. The Morgan fingerprint density at radius 3 is 2.48 bits per heavy atom. The van der Waals surface area contributed by atoms with Crippen LogP contribution < -0.4 is 4.90 Å². The third-order valence-electron chi connectivity index (χ3n) is 4.57. The fourth-order valence-corrected chi connectivity index (χ4v) is 4.61. The van der Waals surface area contributed by atoms with Crippen LogP contribution in [0.5, 0.6) is 0 Å². The van der Waals surface area contributed by atoms with Gasteiger partial charge in [0.15, 0.2) is 0 Å². The van der Waals surface area contributed by atoms with E-state index < -0.39 is 16.0 Å². The molecule has 1 saturated heterocycles. The Bertz CT molecular complexity index is 940. The SMILES string of the molecule is Cc1ccc(S(=O)(=O)N2CCN(c3ccc(Cl)cn3)CC2)cc1CC(=O)O. The molecular weight excluding hydrogens is 390 g/mol. The van der Waals surface area contributed by atoms with E-state index in [1.165, 1.54) is 16.4 Å². The van der Waals surface area contributed by atoms with Gasteiger partial charge in [0.1, 0.15) is 5.82 Å². The average Bonchev–Trinajstić information content (AvgIpc) is 2.64. The second-order valence-electron chi connectivity index (χ2n) is 6.38. The van der Waals surface area contributed by atoms with Gasteiger partial charge >= 0.3 is 5.97 Å². The number of pyridine rings is 1. The molecule has 0 spiro atoms. The molecule has 1 aromatic carbocycles. The van der Waals surface area contributed by atoms with Crippen molar-refractivity contribution < 1.29 is 18.3 Å². The van der Waals surface area contributed by atoms with Crippen molar-refractivity contribution in [3.05, 3.63) is 52.7 Å². The van der Waals surface area contributed by atoms with Gasteiger partial charge in [-0.1, -0.05) is 17.7 Å². The van der Waals surface area contributed by atoms with Crippen LogP contribution in [0.25, 0.3) is 0 Å². The summed E-state index contributed by atoms with van der Waals surface area (Å²) in [6.45, 7) is 3.46. The molecule has 1 N–H and O–H groups in total. The molecule has 1 aliphatic rings. The lowest BCUT2D eigenvalue weighted by molar-refractivity contribution is -0.136. The minimum Gasteiger partial charge on any atom is -0.481 e. The molecule has 0 aliphatic carbocycles. The van der Waals surface area contributed by atoms with Crippen LogP contribution in [-0.4, -0.2) is 55.0 Å². The van der Waals surface area contributed by atoms with E-state index in [1.807, 2.05) is 11.0 Å². The Kier molecular flexibility index (Phi) is 5.69. The number of sulfonamides is 1. The van der Waals surface area contributed by atoms with Crippen LogP contribution in [0.15, 0.2) is 41.4 Å². The molecule has 0 radical (unpaired) electrons. The number of carboxylic acid groups (broad SMARTS) is 1. The molecular formula is C18H20ClN3O4S. The number of benzene rings is 1. The summed E-state index contributed by atoms with van der Waals surface area (Å²) >= 11 is 5.85. The highest BCUT2D eigenvalue weighted by atomic mass is 35.5. The molecule has 9 heteroatoms. The van der Waals surface area contributed by atoms with E-state index in [2.05, 4.69) is 4.98 Å². The van der Waals surface area contributed by atoms with Crippen molar-refractivity contribution in [3.8, 4) is 0 Å². The fraction of sp³-hybridized carbons (Fsp3) is 0.333. The minimum atomic E-state index is -3.68. The van der Waals surface area contributed by atoms with Crippen molar-refractivity contribution in [3.63, 3.8) is 0 Å². The summed E-state index contributed by atoms with van der Waals surface area (Å²) in [4.78, 5) is 17.4. The maximum Gasteiger partial charge on any atom is 0.307 e. The number of carbonyl (C=O) groups is 1. The van der Waals surface area contributed by atoms with Crippen molar-refractivity contribution in [2.45, 2.75) is 18.2 Å². The molecule has 0 unspecified atom stereocenters. The number of aliphatic carboxylic acids is 1. The molecule has 2 aromatic rings. The van der Waals surface area contributed by atoms with Crippen molar-refractivity contribution in [2.24, 2.45) is 0 Å². The van der Waals surface area contributed by atoms with Crippen LogP contribution in [0.2, 0.25) is 5.02 Å². The molecule has 2 heterocycles. The van der Waals surface area contributed by atoms with Crippen LogP contribution in [0.4, 0.5) is 5.82 Å². The van der Waals surface area contributed by atoms with Crippen LogP contribution in [0.1, 0.15) is 11.1 Å². The second-order valence-corrected chi connectivity index (χ2v) is 8.76. The number of halogens is 1. The van der Waals surface area contributed by atoms with Gasteiger partial charge in [-0.2, -0.15) is 4.31 Å². The largest absolute Gasteiger partial charge is 0.481 e. The molecule has 3 rings (SSSR count). The van der Waals surface area contributed by atoms with Gasteiger partial charge in [-0.15, -0.1) is 0 Å². The van der Waals surface area contributed by atoms with E-state index in [0.29, 0.717) is 36.8 Å².